The molecular formula is C32H26Br5F5N5O5+. The molecular weight excluding hydrogens is 1030 g/mol. The summed E-state index contributed by atoms with van der Waals surface area (Å²) < 4.78 is 68.5. The number of aldehydes is 1. The molecule has 0 aliphatic carbocycles. The topological polar surface area (TPSA) is 139 Å². The number of aliphatic hydroxyl groups excluding tert-OH is 1. The van der Waals surface area contributed by atoms with Crippen LogP contribution >= 0.6 is 79.6 Å². The van der Waals surface area contributed by atoms with Crippen LogP contribution in [0.25, 0.3) is 0 Å². The lowest BCUT2D eigenvalue weighted by Gasteiger charge is -2.01. The number of aromatic nitrogens is 5. The van der Waals surface area contributed by atoms with Crippen LogP contribution in [0.1, 0.15) is 40.2 Å². The minimum absolute atomic E-state index is 0.0486. The minimum Gasteiger partial charge on any atom is -0.459 e. The van der Waals surface area contributed by atoms with Gasteiger partial charge in [-0.2, -0.15) is 4.39 Å². The highest BCUT2D eigenvalue weighted by atomic mass is 79.9. The molecule has 0 unspecified atom stereocenters. The Kier molecular flexibility index (Phi) is 21.7. The van der Waals surface area contributed by atoms with E-state index in [2.05, 4.69) is 104 Å². The van der Waals surface area contributed by atoms with Crippen molar-refractivity contribution >= 4 is 91.9 Å². The summed E-state index contributed by atoms with van der Waals surface area (Å²) in [6.45, 7) is 4.68. The number of aliphatic hydroxyl groups is 1. The Hall–Kier alpha value is -3.30. The number of hydrogen-bond donors (Lipinski definition) is 2. The van der Waals surface area contributed by atoms with Gasteiger partial charge in [-0.1, -0.05) is 0 Å². The number of aryl methyl sites for hydroxylation is 2. The second-order valence-electron chi connectivity index (χ2n) is 9.37. The van der Waals surface area contributed by atoms with E-state index in [1.54, 1.807) is 13.0 Å². The largest absolute Gasteiger partial charge is 0.459 e. The number of nitrogens with zero attached hydrogens (tertiary/aromatic N) is 5. The van der Waals surface area contributed by atoms with E-state index in [1.165, 1.54) is 61.5 Å². The first kappa shape index (κ1) is 46.7. The first-order chi connectivity index (χ1) is 24.4. The Balaban J connectivity index is 0.000000327. The van der Waals surface area contributed by atoms with Crippen LogP contribution in [0.3, 0.4) is 0 Å². The predicted molar refractivity (Wildman–Crippen MR) is 195 cm³/mol. The van der Waals surface area contributed by atoms with Crippen molar-refractivity contribution < 1.29 is 51.3 Å². The molecule has 0 saturated carbocycles. The van der Waals surface area contributed by atoms with E-state index >= 15 is 0 Å². The standard InChI is InChI=1S/C8H7BrFNO2.C6H6BrFNO.C6H5BrFNO.C6H3BrFNO.C6H5BrFN/c1-5(12)13-4-6-2-3-7(10)8(9)11-6;1-4-2-3-5(8)6(7)9(4)10;2*7-6-5(8)2-1-4(3-10)9-6;1-4-2-3-5(8)6(7)9-4/h2-3H,4H2,1H3;2-3,10H,1H3;1-2,10H,3H2;1-3H;2-3H,1H3/q;+1;;;. The van der Waals surface area contributed by atoms with Crippen molar-refractivity contribution in [1.82, 2.24) is 19.9 Å². The molecule has 52 heavy (non-hydrogen) atoms. The summed E-state index contributed by atoms with van der Waals surface area (Å²) in [6.07, 6.45) is 0.560. The summed E-state index contributed by atoms with van der Waals surface area (Å²) in [4.78, 5) is 35.4. The maximum Gasteiger partial charge on any atom is 0.334 e. The van der Waals surface area contributed by atoms with Gasteiger partial charge in [-0.15, -0.1) is 0 Å². The van der Waals surface area contributed by atoms with Crippen LogP contribution in [0.4, 0.5) is 22.0 Å². The van der Waals surface area contributed by atoms with Crippen LogP contribution in [0.5, 0.6) is 0 Å². The quantitative estimate of drug-likeness (QED) is 0.0451. The molecule has 0 spiro atoms. The van der Waals surface area contributed by atoms with Crippen molar-refractivity contribution in [3.05, 3.63) is 141 Å². The van der Waals surface area contributed by atoms with Gasteiger partial charge in [-0.3, -0.25) is 14.8 Å². The molecule has 5 aromatic heterocycles. The summed E-state index contributed by atoms with van der Waals surface area (Å²) in [6, 6.07) is 13.7. The molecule has 20 heteroatoms. The Labute approximate surface area is 336 Å². The monoisotopic (exact) mass is 1050 g/mol. The van der Waals surface area contributed by atoms with Crippen LogP contribution in [0.2, 0.25) is 0 Å². The lowest BCUT2D eigenvalue weighted by Crippen LogP contribution is -2.36. The van der Waals surface area contributed by atoms with Gasteiger partial charge in [0.1, 0.15) is 30.7 Å². The maximum absolute atomic E-state index is 12.7. The minimum atomic E-state index is -0.479. The van der Waals surface area contributed by atoms with Gasteiger partial charge in [-0.05, 0) is 125 Å². The van der Waals surface area contributed by atoms with E-state index in [9.17, 15) is 31.5 Å². The van der Waals surface area contributed by atoms with Crippen LogP contribution in [0, 0.1) is 42.9 Å². The average Bonchev–Trinajstić information content (AvgIpc) is 3.11. The third kappa shape index (κ3) is 17.5. The molecule has 278 valence electrons. The fourth-order valence-corrected chi connectivity index (χ4v) is 4.73. The highest BCUT2D eigenvalue weighted by molar-refractivity contribution is 9.11. The summed E-state index contributed by atoms with van der Waals surface area (Å²) in [5.74, 6) is -2.51. The van der Waals surface area contributed by atoms with E-state index in [4.69, 9.17) is 10.3 Å². The Morgan fingerprint density at radius 2 is 1.13 bits per heavy atom. The average molecular weight is 1060 g/mol. The van der Waals surface area contributed by atoms with E-state index in [1.807, 2.05) is 6.92 Å². The molecule has 0 fully saturated rings. The first-order valence-electron chi connectivity index (χ1n) is 13.9. The molecule has 0 aliphatic heterocycles. The number of hydrogen-bond acceptors (Lipinski definition) is 9. The van der Waals surface area contributed by atoms with Crippen molar-refractivity contribution in [2.45, 2.75) is 34.0 Å². The van der Waals surface area contributed by atoms with Gasteiger partial charge in [-0.25, -0.2) is 37.5 Å². The van der Waals surface area contributed by atoms with Gasteiger partial charge >= 0.3 is 10.6 Å². The predicted octanol–water partition coefficient (Wildman–Crippen LogP) is 9.03. The third-order valence-corrected chi connectivity index (χ3v) is 8.32. The fourth-order valence-electron chi connectivity index (χ4n) is 2.85. The van der Waals surface area contributed by atoms with Crippen molar-refractivity contribution in [2.24, 2.45) is 0 Å². The zero-order chi connectivity index (χ0) is 39.5. The molecule has 0 bridgehead atoms. The molecule has 0 saturated heterocycles. The number of esters is 1. The summed E-state index contributed by atoms with van der Waals surface area (Å²) in [7, 11) is 0. The van der Waals surface area contributed by atoms with Crippen molar-refractivity contribution in [3.63, 3.8) is 0 Å². The molecule has 0 radical (unpaired) electrons. The number of rotatable bonds is 4. The van der Waals surface area contributed by atoms with Crippen molar-refractivity contribution in [3.8, 4) is 0 Å². The van der Waals surface area contributed by atoms with Crippen LogP contribution in [-0.4, -0.2) is 42.5 Å². The summed E-state index contributed by atoms with van der Waals surface area (Å²) in [5.41, 5.74) is 2.56. The Morgan fingerprint density at radius 1 is 0.692 bits per heavy atom. The third-order valence-electron chi connectivity index (χ3n) is 5.38. The second-order valence-corrected chi connectivity index (χ2v) is 13.1. The van der Waals surface area contributed by atoms with Crippen LogP contribution < -0.4 is 4.73 Å². The van der Waals surface area contributed by atoms with Crippen molar-refractivity contribution in [1.29, 1.82) is 0 Å². The van der Waals surface area contributed by atoms with Gasteiger partial charge in [0, 0.05) is 46.3 Å². The smallest absolute Gasteiger partial charge is 0.334 e. The highest BCUT2D eigenvalue weighted by Gasteiger charge is 2.15. The maximum atomic E-state index is 12.7. The number of halogens is 10. The Bertz CT molecular complexity index is 1940. The number of pyridine rings is 5. The molecule has 0 aliphatic rings. The molecule has 0 aromatic carbocycles. The molecule has 5 aromatic rings. The molecule has 0 atom stereocenters. The van der Waals surface area contributed by atoms with E-state index in [0.717, 1.165) is 10.4 Å². The Morgan fingerprint density at radius 3 is 1.56 bits per heavy atom. The van der Waals surface area contributed by atoms with E-state index in [-0.39, 0.29) is 53.7 Å². The highest BCUT2D eigenvalue weighted by Crippen LogP contribution is 2.14. The van der Waals surface area contributed by atoms with E-state index < -0.39 is 23.3 Å². The number of carbonyl (C=O) groups is 2. The summed E-state index contributed by atoms with van der Waals surface area (Å²) in [5, 5.41) is 17.6. The zero-order valence-electron chi connectivity index (χ0n) is 26.9. The van der Waals surface area contributed by atoms with Crippen LogP contribution in [0.15, 0.2) is 83.7 Å². The lowest BCUT2D eigenvalue weighted by atomic mass is 10.4. The second kappa shape index (κ2) is 24.1. The van der Waals surface area contributed by atoms with Crippen LogP contribution in [-0.2, 0) is 22.7 Å². The van der Waals surface area contributed by atoms with Gasteiger partial charge in [0.2, 0.25) is 11.5 Å². The molecule has 0 amide bonds. The van der Waals surface area contributed by atoms with Gasteiger partial charge < -0.3 is 9.84 Å². The molecule has 2 N–H and O–H groups in total. The molecule has 10 nitrogen and oxygen atoms in total. The zero-order valence-corrected chi connectivity index (χ0v) is 34.8. The number of ether oxygens (including phenoxy) is 1. The first-order valence-corrected chi connectivity index (χ1v) is 17.8. The summed E-state index contributed by atoms with van der Waals surface area (Å²) >= 11 is 14.5. The van der Waals surface area contributed by atoms with E-state index in [0.29, 0.717) is 23.4 Å². The SMILES string of the molecule is CC(=O)OCc1ccc(F)c(Br)n1.Cc1ccc(F)c(Br)[n+]1O.Cc1ccc(F)c(Br)n1.O=Cc1ccc(F)c(Br)n1.OCc1ccc(F)c(Br)n1. The van der Waals surface area contributed by atoms with Gasteiger partial charge in [0.15, 0.2) is 29.6 Å². The fraction of sp³-hybridized carbons (Fsp3) is 0.156. The van der Waals surface area contributed by atoms with Gasteiger partial charge in [0.25, 0.3) is 0 Å². The lowest BCUT2D eigenvalue weighted by molar-refractivity contribution is -0.917. The molecule has 5 rings (SSSR count). The normalized spacial score (nSPS) is 9.73. The number of carbonyl (C=O) groups excluding carboxylic acids is 2. The van der Waals surface area contributed by atoms with Crippen molar-refractivity contribution in [2.75, 3.05) is 0 Å². The van der Waals surface area contributed by atoms with Gasteiger partial charge in [0.05, 0.1) is 18.0 Å². The molecule has 5 heterocycles.